The number of rotatable bonds is 15. The standard InChI is InChI=1S/C22H31Br2NO4/c1-22(2,24)21(27)12-10-8-6-4-3-5-7-9-11-20(26)17-13-14-18(16-23)19(15-17)25(28)29/h13-15H,3-12,16H2,1-2H3. The molecule has 1 aromatic carbocycles. The summed E-state index contributed by atoms with van der Waals surface area (Å²) in [6.45, 7) is 3.78. The second kappa shape index (κ2) is 13.3. The zero-order chi connectivity index (χ0) is 21.9. The van der Waals surface area contributed by atoms with Crippen LogP contribution in [0.4, 0.5) is 5.69 Å². The van der Waals surface area contributed by atoms with Gasteiger partial charge in [0.2, 0.25) is 0 Å². The first-order valence-corrected chi connectivity index (χ1v) is 12.2. The fourth-order valence-corrected chi connectivity index (χ4v) is 3.77. The maximum Gasteiger partial charge on any atom is 0.274 e. The van der Waals surface area contributed by atoms with Crippen LogP contribution in [0.25, 0.3) is 0 Å². The van der Waals surface area contributed by atoms with Crippen LogP contribution in [0.1, 0.15) is 94.0 Å². The minimum Gasteiger partial charge on any atom is -0.298 e. The molecule has 0 saturated heterocycles. The molecule has 0 aliphatic carbocycles. The van der Waals surface area contributed by atoms with Gasteiger partial charge in [0, 0.05) is 35.4 Å². The van der Waals surface area contributed by atoms with Crippen LogP contribution >= 0.6 is 31.9 Å². The lowest BCUT2D eigenvalue weighted by Gasteiger charge is -2.13. The smallest absolute Gasteiger partial charge is 0.274 e. The number of alkyl halides is 2. The zero-order valence-electron chi connectivity index (χ0n) is 17.3. The van der Waals surface area contributed by atoms with Gasteiger partial charge in [-0.2, -0.15) is 0 Å². The summed E-state index contributed by atoms with van der Waals surface area (Å²) < 4.78 is -0.411. The normalized spacial score (nSPS) is 11.4. The second-order valence-corrected chi connectivity index (χ2v) is 10.4. The first-order valence-electron chi connectivity index (χ1n) is 10.3. The Hall–Kier alpha value is -1.08. The Morgan fingerprint density at radius 2 is 1.48 bits per heavy atom. The Bertz CT molecular complexity index is 699. The summed E-state index contributed by atoms with van der Waals surface area (Å²) in [6, 6.07) is 4.71. The van der Waals surface area contributed by atoms with E-state index >= 15 is 0 Å². The number of nitrogens with zero attached hydrogens (tertiary/aromatic N) is 1. The van der Waals surface area contributed by atoms with Gasteiger partial charge in [0.15, 0.2) is 5.78 Å². The van der Waals surface area contributed by atoms with Gasteiger partial charge in [-0.25, -0.2) is 0 Å². The van der Waals surface area contributed by atoms with Crippen molar-refractivity contribution in [2.45, 2.75) is 87.7 Å². The number of halogens is 2. The van der Waals surface area contributed by atoms with E-state index in [0.29, 0.717) is 29.3 Å². The van der Waals surface area contributed by atoms with Gasteiger partial charge >= 0.3 is 0 Å². The maximum atomic E-state index is 12.3. The van der Waals surface area contributed by atoms with Crippen molar-refractivity contribution in [3.05, 3.63) is 39.4 Å². The molecule has 0 aromatic heterocycles. The Morgan fingerprint density at radius 1 is 0.966 bits per heavy atom. The van der Waals surface area contributed by atoms with Crippen LogP contribution in [0.15, 0.2) is 18.2 Å². The monoisotopic (exact) mass is 531 g/mol. The van der Waals surface area contributed by atoms with E-state index in [1.807, 2.05) is 13.8 Å². The lowest BCUT2D eigenvalue weighted by molar-refractivity contribution is -0.385. The quantitative estimate of drug-likeness (QED) is 0.0779. The van der Waals surface area contributed by atoms with E-state index in [9.17, 15) is 19.7 Å². The van der Waals surface area contributed by atoms with Crippen molar-refractivity contribution in [2.24, 2.45) is 0 Å². The van der Waals surface area contributed by atoms with E-state index in [1.165, 1.54) is 6.07 Å². The average Bonchev–Trinajstić information content (AvgIpc) is 2.67. The first-order chi connectivity index (χ1) is 13.7. The van der Waals surface area contributed by atoms with E-state index in [2.05, 4.69) is 31.9 Å². The van der Waals surface area contributed by atoms with Gasteiger partial charge in [0.05, 0.1) is 9.25 Å². The molecule has 0 aliphatic rings. The third-order valence-electron chi connectivity index (χ3n) is 4.97. The van der Waals surface area contributed by atoms with Crippen LogP contribution < -0.4 is 0 Å². The summed E-state index contributed by atoms with van der Waals surface area (Å²) in [7, 11) is 0. The molecule has 0 saturated carbocycles. The summed E-state index contributed by atoms with van der Waals surface area (Å²) in [6.07, 6.45) is 9.40. The molecule has 162 valence electrons. The molecular weight excluding hydrogens is 502 g/mol. The van der Waals surface area contributed by atoms with Crippen LogP contribution in [0.2, 0.25) is 0 Å². The van der Waals surface area contributed by atoms with Gasteiger partial charge in [0.1, 0.15) is 5.78 Å². The highest BCUT2D eigenvalue weighted by Gasteiger charge is 2.22. The Balaban J connectivity index is 2.16. The van der Waals surface area contributed by atoms with Gasteiger partial charge < -0.3 is 0 Å². The van der Waals surface area contributed by atoms with Crippen LogP contribution in [0, 0.1) is 10.1 Å². The Morgan fingerprint density at radius 3 is 1.97 bits per heavy atom. The number of ketones is 2. The van der Waals surface area contributed by atoms with E-state index < -0.39 is 9.25 Å². The molecule has 0 N–H and O–H groups in total. The SMILES string of the molecule is CC(C)(Br)C(=O)CCCCCCCCCCC(=O)c1ccc(CBr)c([N+](=O)[O-])c1. The fraction of sp³-hybridized carbons (Fsp3) is 0.636. The molecule has 0 atom stereocenters. The zero-order valence-corrected chi connectivity index (χ0v) is 20.5. The third kappa shape index (κ3) is 9.98. The third-order valence-corrected chi connectivity index (χ3v) is 6.02. The highest BCUT2D eigenvalue weighted by atomic mass is 79.9. The van der Waals surface area contributed by atoms with E-state index in [0.717, 1.165) is 51.4 Å². The molecule has 1 aromatic rings. The molecule has 1 rings (SSSR count). The van der Waals surface area contributed by atoms with Crippen LogP contribution in [-0.2, 0) is 10.1 Å². The largest absolute Gasteiger partial charge is 0.298 e. The highest BCUT2D eigenvalue weighted by Crippen LogP contribution is 2.24. The molecule has 29 heavy (non-hydrogen) atoms. The maximum absolute atomic E-state index is 12.3. The Kier molecular flexibility index (Phi) is 11.9. The summed E-state index contributed by atoms with van der Waals surface area (Å²) in [4.78, 5) is 34.8. The lowest BCUT2D eigenvalue weighted by Crippen LogP contribution is -2.23. The lowest BCUT2D eigenvalue weighted by atomic mass is 10.00. The van der Waals surface area contributed by atoms with Gasteiger partial charge in [-0.1, -0.05) is 82.5 Å². The summed E-state index contributed by atoms with van der Waals surface area (Å²) >= 11 is 6.63. The highest BCUT2D eigenvalue weighted by molar-refractivity contribution is 9.10. The molecule has 5 nitrogen and oxygen atoms in total. The predicted molar refractivity (Wildman–Crippen MR) is 124 cm³/mol. The number of nitro benzene ring substituents is 1. The summed E-state index contributed by atoms with van der Waals surface area (Å²) in [5, 5.41) is 11.5. The van der Waals surface area contributed by atoms with Crippen LogP contribution in [-0.4, -0.2) is 20.8 Å². The number of unbranched alkanes of at least 4 members (excludes halogenated alkanes) is 7. The second-order valence-electron chi connectivity index (χ2n) is 7.88. The summed E-state index contributed by atoms with van der Waals surface area (Å²) in [5.74, 6) is 0.225. The van der Waals surface area contributed by atoms with Crippen molar-refractivity contribution < 1.29 is 14.5 Å². The number of nitro groups is 1. The number of carbonyl (C=O) groups excluding carboxylic acids is 2. The molecule has 0 amide bonds. The van der Waals surface area contributed by atoms with Gasteiger partial charge in [-0.15, -0.1) is 0 Å². The van der Waals surface area contributed by atoms with Crippen molar-refractivity contribution in [1.29, 1.82) is 0 Å². The number of Topliss-reactive ketones (excluding diaryl/α,β-unsaturated/α-hetero) is 2. The number of hydrogen-bond acceptors (Lipinski definition) is 4. The molecule has 0 fully saturated rings. The minimum absolute atomic E-state index is 0.00544. The molecular formula is C22H31Br2NO4. The average molecular weight is 533 g/mol. The summed E-state index contributed by atoms with van der Waals surface area (Å²) in [5.41, 5.74) is 0.989. The van der Waals surface area contributed by atoms with Crippen LogP contribution in [0.5, 0.6) is 0 Å². The van der Waals surface area contributed by atoms with Crippen molar-refractivity contribution in [3.8, 4) is 0 Å². The van der Waals surface area contributed by atoms with Crippen molar-refractivity contribution in [2.75, 3.05) is 0 Å². The minimum atomic E-state index is -0.440. The van der Waals surface area contributed by atoms with Crippen LogP contribution in [0.3, 0.4) is 0 Å². The molecule has 0 unspecified atom stereocenters. The predicted octanol–water partition coefficient (Wildman–Crippen LogP) is 7.32. The molecule has 0 heterocycles. The molecule has 0 aliphatic heterocycles. The first kappa shape index (κ1) is 26.0. The van der Waals surface area contributed by atoms with Gasteiger partial charge in [-0.05, 0) is 26.7 Å². The fourth-order valence-electron chi connectivity index (χ4n) is 3.09. The van der Waals surface area contributed by atoms with Crippen molar-refractivity contribution >= 4 is 49.1 Å². The van der Waals surface area contributed by atoms with E-state index in [-0.39, 0.29) is 17.3 Å². The van der Waals surface area contributed by atoms with E-state index in [1.54, 1.807) is 12.1 Å². The molecule has 7 heteroatoms. The number of hydrogen-bond donors (Lipinski definition) is 0. The topological polar surface area (TPSA) is 77.3 Å². The van der Waals surface area contributed by atoms with Crippen molar-refractivity contribution in [1.82, 2.24) is 0 Å². The molecule has 0 radical (unpaired) electrons. The number of carbonyl (C=O) groups is 2. The Labute approximate surface area is 190 Å². The van der Waals surface area contributed by atoms with Gasteiger partial charge in [-0.3, -0.25) is 19.7 Å². The number of benzene rings is 1. The molecule has 0 bridgehead atoms. The molecule has 0 spiro atoms. The van der Waals surface area contributed by atoms with E-state index in [4.69, 9.17) is 0 Å². The van der Waals surface area contributed by atoms with Crippen molar-refractivity contribution in [3.63, 3.8) is 0 Å². The van der Waals surface area contributed by atoms with Gasteiger partial charge in [0.25, 0.3) is 5.69 Å².